The molecule has 33 heavy (non-hydrogen) atoms. The highest BCUT2D eigenvalue weighted by molar-refractivity contribution is 6.30. The summed E-state index contributed by atoms with van der Waals surface area (Å²) in [5.41, 5.74) is 2.30. The molecule has 0 saturated heterocycles. The molecule has 3 rings (SSSR count). The molecule has 0 spiro atoms. The van der Waals surface area contributed by atoms with Crippen LogP contribution < -0.4 is 4.74 Å². The van der Waals surface area contributed by atoms with Crippen molar-refractivity contribution >= 4 is 23.5 Å². The first-order valence-corrected chi connectivity index (χ1v) is 11.2. The molecule has 2 aromatic rings. The highest BCUT2D eigenvalue weighted by atomic mass is 35.5. The number of hydrogen-bond donors (Lipinski definition) is 0. The molecule has 1 aliphatic heterocycles. The van der Waals surface area contributed by atoms with E-state index < -0.39 is 17.9 Å². The molecule has 174 valence electrons. The molecule has 0 saturated carbocycles. The van der Waals surface area contributed by atoms with Gasteiger partial charge in [-0.1, -0.05) is 55.3 Å². The summed E-state index contributed by atoms with van der Waals surface area (Å²) in [6, 6.07) is 14.8. The first-order valence-electron chi connectivity index (χ1n) is 10.8. The Morgan fingerprint density at radius 2 is 1.55 bits per heavy atom. The molecule has 0 atom stereocenters. The van der Waals surface area contributed by atoms with Gasteiger partial charge in [-0.25, -0.2) is 9.59 Å². The number of esters is 2. The Morgan fingerprint density at radius 3 is 2.12 bits per heavy atom. The molecule has 0 aromatic heterocycles. The van der Waals surface area contributed by atoms with Crippen LogP contribution in [0.4, 0.5) is 0 Å². The molecule has 0 N–H and O–H groups in total. The van der Waals surface area contributed by atoms with Gasteiger partial charge in [-0.15, -0.1) is 0 Å². The predicted octanol–water partition coefficient (Wildman–Crippen LogP) is 5.23. The number of carbonyl (C=O) groups excluding carboxylic acids is 2. The molecule has 2 aromatic carbocycles. The SMILES string of the molecule is CCCCOc1ccccc1C1C(C(=O)OC)=CN(Cc2ccc(Cl)cc2)C=C1C(=O)OC. The van der Waals surface area contributed by atoms with E-state index in [4.69, 9.17) is 25.8 Å². The molecule has 0 bridgehead atoms. The zero-order valence-electron chi connectivity index (χ0n) is 19.0. The van der Waals surface area contributed by atoms with E-state index in [1.165, 1.54) is 14.2 Å². The molecular formula is C26H28ClNO5. The summed E-state index contributed by atoms with van der Waals surface area (Å²) in [7, 11) is 2.65. The monoisotopic (exact) mass is 469 g/mol. The number of hydrogen-bond acceptors (Lipinski definition) is 6. The number of para-hydroxylation sites is 1. The van der Waals surface area contributed by atoms with Gasteiger partial charge in [0, 0.05) is 29.5 Å². The van der Waals surface area contributed by atoms with Crippen LogP contribution in [0.15, 0.2) is 72.1 Å². The molecular weight excluding hydrogens is 442 g/mol. The maximum Gasteiger partial charge on any atom is 0.336 e. The van der Waals surface area contributed by atoms with Crippen molar-refractivity contribution in [1.29, 1.82) is 0 Å². The van der Waals surface area contributed by atoms with Gasteiger partial charge in [0.15, 0.2) is 0 Å². The Balaban J connectivity index is 2.06. The molecule has 0 aliphatic carbocycles. The minimum absolute atomic E-state index is 0.320. The van der Waals surface area contributed by atoms with Crippen molar-refractivity contribution in [3.63, 3.8) is 0 Å². The van der Waals surface area contributed by atoms with Crippen LogP contribution in [0, 0.1) is 0 Å². The van der Waals surface area contributed by atoms with Crippen LogP contribution in [-0.2, 0) is 25.6 Å². The summed E-state index contributed by atoms with van der Waals surface area (Å²) in [5.74, 6) is -1.13. The van der Waals surface area contributed by atoms with E-state index in [1.54, 1.807) is 29.4 Å². The van der Waals surface area contributed by atoms with E-state index >= 15 is 0 Å². The van der Waals surface area contributed by atoms with E-state index in [-0.39, 0.29) is 0 Å². The van der Waals surface area contributed by atoms with Crippen LogP contribution in [0.3, 0.4) is 0 Å². The lowest BCUT2D eigenvalue weighted by Gasteiger charge is -2.31. The maximum absolute atomic E-state index is 12.9. The van der Waals surface area contributed by atoms with Crippen molar-refractivity contribution in [1.82, 2.24) is 4.90 Å². The van der Waals surface area contributed by atoms with Crippen molar-refractivity contribution in [3.05, 3.63) is 88.2 Å². The lowest BCUT2D eigenvalue weighted by atomic mass is 9.82. The fourth-order valence-electron chi connectivity index (χ4n) is 3.69. The standard InChI is InChI=1S/C26H28ClNO5/c1-4-5-14-33-23-9-7-6-8-20(23)24-21(25(29)31-2)16-28(17-22(24)26(30)32-3)15-18-10-12-19(27)13-11-18/h6-13,16-17,24H,4-5,14-15H2,1-3H3. The first kappa shape index (κ1) is 24.4. The summed E-state index contributed by atoms with van der Waals surface area (Å²) in [6.45, 7) is 3.05. The maximum atomic E-state index is 12.9. The minimum Gasteiger partial charge on any atom is -0.493 e. The number of methoxy groups -OCH3 is 2. The van der Waals surface area contributed by atoms with E-state index in [2.05, 4.69) is 6.92 Å². The molecule has 0 amide bonds. The second kappa shape index (κ2) is 11.6. The fourth-order valence-corrected chi connectivity index (χ4v) is 3.82. The first-order chi connectivity index (χ1) is 16.0. The molecule has 6 nitrogen and oxygen atoms in total. The summed E-state index contributed by atoms with van der Waals surface area (Å²) in [5, 5.41) is 0.633. The number of ether oxygens (including phenoxy) is 3. The minimum atomic E-state index is -0.691. The second-order valence-corrected chi connectivity index (χ2v) is 8.06. The normalized spacial score (nSPS) is 13.8. The molecule has 1 heterocycles. The molecule has 0 unspecified atom stereocenters. The van der Waals surface area contributed by atoms with E-state index in [1.807, 2.05) is 36.4 Å². The van der Waals surface area contributed by atoms with Crippen molar-refractivity contribution in [2.75, 3.05) is 20.8 Å². The van der Waals surface area contributed by atoms with Crippen LogP contribution in [-0.4, -0.2) is 37.7 Å². The predicted molar refractivity (Wildman–Crippen MR) is 127 cm³/mol. The summed E-state index contributed by atoms with van der Waals surface area (Å²) < 4.78 is 16.2. The van der Waals surface area contributed by atoms with E-state index in [0.29, 0.717) is 40.6 Å². The smallest absolute Gasteiger partial charge is 0.336 e. The van der Waals surface area contributed by atoms with Crippen LogP contribution in [0.2, 0.25) is 5.02 Å². The highest BCUT2D eigenvalue weighted by Crippen LogP contribution is 2.41. The molecule has 0 radical (unpaired) electrons. The Hall–Kier alpha value is -3.25. The van der Waals surface area contributed by atoms with Gasteiger partial charge in [0.05, 0.1) is 37.9 Å². The zero-order valence-corrected chi connectivity index (χ0v) is 19.8. The van der Waals surface area contributed by atoms with Crippen molar-refractivity contribution < 1.29 is 23.8 Å². The topological polar surface area (TPSA) is 65.1 Å². The van der Waals surface area contributed by atoms with Crippen LogP contribution in [0.25, 0.3) is 0 Å². The number of carbonyl (C=O) groups is 2. The number of rotatable bonds is 9. The van der Waals surface area contributed by atoms with Gasteiger partial charge in [-0.2, -0.15) is 0 Å². The average molecular weight is 470 g/mol. The van der Waals surface area contributed by atoms with Crippen molar-refractivity contribution in [2.45, 2.75) is 32.2 Å². The Kier molecular flexibility index (Phi) is 8.55. The van der Waals surface area contributed by atoms with E-state index in [9.17, 15) is 9.59 Å². The second-order valence-electron chi connectivity index (χ2n) is 7.62. The third-order valence-corrected chi connectivity index (χ3v) is 5.59. The number of halogens is 1. The van der Waals surface area contributed by atoms with Crippen molar-refractivity contribution in [3.8, 4) is 5.75 Å². The Bertz CT molecular complexity index is 1010. The third kappa shape index (κ3) is 5.96. The summed E-state index contributed by atoms with van der Waals surface area (Å²) in [4.78, 5) is 27.5. The quantitative estimate of drug-likeness (QED) is 0.370. The van der Waals surface area contributed by atoms with Gasteiger partial charge >= 0.3 is 11.9 Å². The largest absolute Gasteiger partial charge is 0.493 e. The third-order valence-electron chi connectivity index (χ3n) is 5.34. The molecule has 1 aliphatic rings. The van der Waals surface area contributed by atoms with Gasteiger partial charge in [0.1, 0.15) is 5.75 Å². The van der Waals surface area contributed by atoms with Crippen LogP contribution in [0.1, 0.15) is 36.8 Å². The number of nitrogens with zero attached hydrogens (tertiary/aromatic N) is 1. The average Bonchev–Trinajstić information content (AvgIpc) is 2.84. The van der Waals surface area contributed by atoms with Gasteiger partial charge in [0.2, 0.25) is 0 Å². The fraction of sp³-hybridized carbons (Fsp3) is 0.308. The van der Waals surface area contributed by atoms with Gasteiger partial charge < -0.3 is 19.1 Å². The summed E-state index contributed by atoms with van der Waals surface area (Å²) >= 11 is 6.00. The lowest BCUT2D eigenvalue weighted by Crippen LogP contribution is -2.29. The van der Waals surface area contributed by atoms with Crippen LogP contribution in [0.5, 0.6) is 5.75 Å². The Labute approximate surface area is 199 Å². The van der Waals surface area contributed by atoms with Gasteiger partial charge in [0.25, 0.3) is 0 Å². The van der Waals surface area contributed by atoms with Crippen LogP contribution >= 0.6 is 11.6 Å². The zero-order chi connectivity index (χ0) is 23.8. The van der Waals surface area contributed by atoms with E-state index in [0.717, 1.165) is 18.4 Å². The molecule has 7 heteroatoms. The number of benzene rings is 2. The van der Waals surface area contributed by atoms with Gasteiger partial charge in [-0.05, 0) is 30.2 Å². The highest BCUT2D eigenvalue weighted by Gasteiger charge is 2.36. The number of unbranched alkanes of at least 4 members (excludes halogenated alkanes) is 1. The van der Waals surface area contributed by atoms with Gasteiger partial charge in [-0.3, -0.25) is 0 Å². The Morgan fingerprint density at radius 1 is 0.939 bits per heavy atom. The summed E-state index contributed by atoms with van der Waals surface area (Å²) in [6.07, 6.45) is 5.31. The van der Waals surface area contributed by atoms with Crippen molar-refractivity contribution in [2.24, 2.45) is 0 Å². The molecule has 0 fully saturated rings. The lowest BCUT2D eigenvalue weighted by molar-refractivity contribution is -0.137.